The molecule has 0 saturated heterocycles. The molecule has 1 aromatic carbocycles. The maximum atomic E-state index is 11.5. The zero-order valence-corrected chi connectivity index (χ0v) is 13.0. The molecule has 0 spiro atoms. The van der Waals surface area contributed by atoms with Crippen LogP contribution >= 0.6 is 0 Å². The van der Waals surface area contributed by atoms with Gasteiger partial charge in [0.1, 0.15) is 12.4 Å². The fourth-order valence-electron chi connectivity index (χ4n) is 3.48. The minimum absolute atomic E-state index is 0.364. The molecule has 1 aliphatic carbocycles. The van der Waals surface area contributed by atoms with Gasteiger partial charge in [-0.25, -0.2) is 5.48 Å². The molecular weight excluding hydrogens is 280 g/mol. The summed E-state index contributed by atoms with van der Waals surface area (Å²) >= 11 is 0. The van der Waals surface area contributed by atoms with Gasteiger partial charge in [0.05, 0.1) is 0 Å². The first kappa shape index (κ1) is 15.3. The Morgan fingerprint density at radius 1 is 1.41 bits per heavy atom. The molecule has 1 aromatic rings. The summed E-state index contributed by atoms with van der Waals surface area (Å²) in [6.07, 6.45) is 5.40. The van der Waals surface area contributed by atoms with Gasteiger partial charge in [-0.3, -0.25) is 14.9 Å². The number of carbonyl (C=O) groups is 1. The zero-order valence-electron chi connectivity index (χ0n) is 13.0. The molecule has 1 amide bonds. The Kier molecular flexibility index (Phi) is 4.64. The van der Waals surface area contributed by atoms with Crippen LogP contribution in [-0.2, 0) is 6.54 Å². The third-order valence-corrected chi connectivity index (χ3v) is 4.88. The lowest BCUT2D eigenvalue weighted by Crippen LogP contribution is -2.37. The molecule has 120 valence electrons. The third kappa shape index (κ3) is 3.25. The number of benzene rings is 1. The first-order valence-electron chi connectivity index (χ1n) is 8.11. The van der Waals surface area contributed by atoms with E-state index >= 15 is 0 Å². The summed E-state index contributed by atoms with van der Waals surface area (Å²) in [5.74, 6) is 1.05. The van der Waals surface area contributed by atoms with E-state index in [0.29, 0.717) is 18.2 Å². The quantitative estimate of drug-likeness (QED) is 0.665. The second-order valence-corrected chi connectivity index (χ2v) is 6.50. The van der Waals surface area contributed by atoms with Crippen molar-refractivity contribution in [3.8, 4) is 5.75 Å². The number of ether oxygens (including phenoxy) is 1. The standard InChI is InChI=1S/C17H24N2O3/c1-12-11-22-16-8-14(17(20)18-21)6-7-15(16)10-19(12)9-13-4-2-3-5-13/h6-8,12-13,21H,2-5,9-11H2,1H3,(H,18,20)/t12-/m0/s1. The van der Waals surface area contributed by atoms with E-state index in [2.05, 4.69) is 11.8 Å². The summed E-state index contributed by atoms with van der Waals surface area (Å²) in [4.78, 5) is 14.0. The summed E-state index contributed by atoms with van der Waals surface area (Å²) < 4.78 is 5.89. The lowest BCUT2D eigenvalue weighted by molar-refractivity contribution is 0.0706. The van der Waals surface area contributed by atoms with E-state index in [-0.39, 0.29) is 0 Å². The van der Waals surface area contributed by atoms with Crippen LogP contribution in [0.1, 0.15) is 48.5 Å². The number of hydrogen-bond donors (Lipinski definition) is 2. The lowest BCUT2D eigenvalue weighted by Gasteiger charge is -2.28. The highest BCUT2D eigenvalue weighted by molar-refractivity contribution is 5.93. The van der Waals surface area contributed by atoms with Gasteiger partial charge in [-0.05, 0) is 37.8 Å². The van der Waals surface area contributed by atoms with Gasteiger partial charge in [-0.1, -0.05) is 18.9 Å². The second-order valence-electron chi connectivity index (χ2n) is 6.50. The van der Waals surface area contributed by atoms with Crippen LogP contribution in [0.15, 0.2) is 18.2 Å². The van der Waals surface area contributed by atoms with Crippen molar-refractivity contribution in [2.75, 3.05) is 13.2 Å². The summed E-state index contributed by atoms with van der Waals surface area (Å²) in [6, 6.07) is 5.74. The average molecular weight is 304 g/mol. The van der Waals surface area contributed by atoms with Crippen LogP contribution in [0.3, 0.4) is 0 Å². The molecule has 1 saturated carbocycles. The summed E-state index contributed by atoms with van der Waals surface area (Å²) in [5.41, 5.74) is 3.19. The van der Waals surface area contributed by atoms with E-state index < -0.39 is 5.91 Å². The van der Waals surface area contributed by atoms with Gasteiger partial charge in [-0.2, -0.15) is 0 Å². The van der Waals surface area contributed by atoms with Crippen molar-refractivity contribution >= 4 is 5.91 Å². The zero-order chi connectivity index (χ0) is 15.5. The Balaban J connectivity index is 1.76. The van der Waals surface area contributed by atoms with Crippen molar-refractivity contribution < 1.29 is 14.7 Å². The predicted molar refractivity (Wildman–Crippen MR) is 83.0 cm³/mol. The van der Waals surface area contributed by atoms with E-state index in [1.54, 1.807) is 17.6 Å². The van der Waals surface area contributed by atoms with E-state index in [9.17, 15) is 4.79 Å². The van der Waals surface area contributed by atoms with Crippen molar-refractivity contribution in [2.24, 2.45) is 5.92 Å². The fraction of sp³-hybridized carbons (Fsp3) is 0.588. The molecule has 0 bridgehead atoms. The highest BCUT2D eigenvalue weighted by Gasteiger charge is 2.26. The molecule has 1 fully saturated rings. The smallest absolute Gasteiger partial charge is 0.274 e. The Hall–Kier alpha value is -1.59. The van der Waals surface area contributed by atoms with Crippen LogP contribution < -0.4 is 10.2 Å². The van der Waals surface area contributed by atoms with Crippen molar-refractivity contribution in [3.05, 3.63) is 29.3 Å². The Bertz CT molecular complexity index is 541. The van der Waals surface area contributed by atoms with Crippen LogP contribution in [0.5, 0.6) is 5.75 Å². The van der Waals surface area contributed by atoms with Gasteiger partial charge in [0, 0.05) is 30.3 Å². The Labute approximate surface area is 131 Å². The minimum Gasteiger partial charge on any atom is -0.492 e. The van der Waals surface area contributed by atoms with Crippen molar-refractivity contribution in [1.29, 1.82) is 0 Å². The molecule has 5 nitrogen and oxygen atoms in total. The predicted octanol–water partition coefficient (Wildman–Crippen LogP) is 2.58. The average Bonchev–Trinajstić information content (AvgIpc) is 2.99. The molecular formula is C17H24N2O3. The monoisotopic (exact) mass is 304 g/mol. The van der Waals surface area contributed by atoms with Crippen LogP contribution in [0.25, 0.3) is 0 Å². The number of hydrogen-bond acceptors (Lipinski definition) is 4. The van der Waals surface area contributed by atoms with E-state index in [0.717, 1.165) is 30.3 Å². The number of carbonyl (C=O) groups excluding carboxylic acids is 1. The van der Waals surface area contributed by atoms with Gasteiger partial charge < -0.3 is 4.74 Å². The first-order valence-corrected chi connectivity index (χ1v) is 8.11. The summed E-state index contributed by atoms with van der Waals surface area (Å²) in [7, 11) is 0. The Morgan fingerprint density at radius 3 is 2.91 bits per heavy atom. The number of amides is 1. The van der Waals surface area contributed by atoms with Crippen molar-refractivity contribution in [1.82, 2.24) is 10.4 Å². The van der Waals surface area contributed by atoms with Gasteiger partial charge in [0.2, 0.25) is 0 Å². The van der Waals surface area contributed by atoms with Crippen molar-refractivity contribution in [3.63, 3.8) is 0 Å². The molecule has 0 unspecified atom stereocenters. The molecule has 1 atom stereocenters. The number of fused-ring (bicyclic) bond motifs is 1. The van der Waals surface area contributed by atoms with E-state index in [4.69, 9.17) is 9.94 Å². The van der Waals surface area contributed by atoms with Crippen molar-refractivity contribution in [2.45, 2.75) is 45.2 Å². The SMILES string of the molecule is C[C@H]1COc2cc(C(=O)NO)ccc2CN1CC1CCCC1. The van der Waals surface area contributed by atoms with Gasteiger partial charge in [0.25, 0.3) is 5.91 Å². The van der Waals surface area contributed by atoms with Crippen LogP contribution in [0, 0.1) is 5.92 Å². The summed E-state index contributed by atoms with van der Waals surface area (Å²) in [5, 5.41) is 8.74. The van der Waals surface area contributed by atoms with Gasteiger partial charge in [-0.15, -0.1) is 0 Å². The van der Waals surface area contributed by atoms with Crippen LogP contribution in [-0.4, -0.2) is 35.2 Å². The molecule has 5 heteroatoms. The van der Waals surface area contributed by atoms with Gasteiger partial charge >= 0.3 is 0 Å². The molecule has 0 aromatic heterocycles. The lowest BCUT2D eigenvalue weighted by atomic mass is 10.1. The minimum atomic E-state index is -0.508. The molecule has 1 aliphatic heterocycles. The van der Waals surface area contributed by atoms with Crippen LogP contribution in [0.2, 0.25) is 0 Å². The highest BCUT2D eigenvalue weighted by Crippen LogP contribution is 2.30. The number of rotatable bonds is 3. The molecule has 0 radical (unpaired) electrons. The molecule has 1 heterocycles. The number of nitrogens with one attached hydrogen (secondary N) is 1. The molecule has 2 N–H and O–H groups in total. The first-order chi connectivity index (χ1) is 10.7. The van der Waals surface area contributed by atoms with E-state index in [1.807, 2.05) is 6.07 Å². The molecule has 3 rings (SSSR count). The number of hydroxylamine groups is 1. The largest absolute Gasteiger partial charge is 0.492 e. The van der Waals surface area contributed by atoms with Crippen LogP contribution in [0.4, 0.5) is 0 Å². The van der Waals surface area contributed by atoms with E-state index in [1.165, 1.54) is 25.7 Å². The van der Waals surface area contributed by atoms with Gasteiger partial charge in [0.15, 0.2) is 0 Å². The maximum absolute atomic E-state index is 11.5. The third-order valence-electron chi connectivity index (χ3n) is 4.88. The maximum Gasteiger partial charge on any atom is 0.274 e. The number of nitrogens with zero attached hydrogens (tertiary/aromatic N) is 1. The normalized spacial score (nSPS) is 22.7. The topological polar surface area (TPSA) is 61.8 Å². The highest BCUT2D eigenvalue weighted by atomic mass is 16.5. The Morgan fingerprint density at radius 2 is 2.18 bits per heavy atom. The summed E-state index contributed by atoms with van der Waals surface area (Å²) in [6.45, 7) is 4.81. The molecule has 22 heavy (non-hydrogen) atoms. The second kappa shape index (κ2) is 6.67. The molecule has 2 aliphatic rings. The fourth-order valence-corrected chi connectivity index (χ4v) is 3.48.